The van der Waals surface area contributed by atoms with Crippen LogP contribution in [0, 0.1) is 11.8 Å². The molecule has 0 N–H and O–H groups in total. The highest BCUT2D eigenvalue weighted by Crippen LogP contribution is 2.29. The van der Waals surface area contributed by atoms with Crippen molar-refractivity contribution >= 4 is 5.82 Å². The maximum absolute atomic E-state index is 10.8. The zero-order chi connectivity index (χ0) is 13.2. The van der Waals surface area contributed by atoms with Gasteiger partial charge in [-0.1, -0.05) is 30.3 Å². The Balaban J connectivity index is 1.82. The molecule has 0 saturated heterocycles. The van der Waals surface area contributed by atoms with Gasteiger partial charge >= 0.3 is 0 Å². The van der Waals surface area contributed by atoms with E-state index >= 15 is 0 Å². The lowest BCUT2D eigenvalue weighted by molar-refractivity contribution is 0.274. The summed E-state index contributed by atoms with van der Waals surface area (Å²) >= 11 is 0. The number of hydrogen-bond acceptors (Lipinski definition) is 5. The predicted octanol–water partition coefficient (Wildman–Crippen LogP) is 2.70. The third-order valence-corrected chi connectivity index (χ3v) is 3.27. The molecule has 0 atom stereocenters. The summed E-state index contributed by atoms with van der Waals surface area (Å²) < 4.78 is 0. The molecule has 5 heteroatoms. The number of nitrogens with zero attached hydrogens (tertiary/aromatic N) is 4. The fourth-order valence-electron chi connectivity index (χ4n) is 2.45. The lowest BCUT2D eigenvalue weighted by Crippen LogP contribution is -2.15. The number of aryl methyl sites for hydroxylation is 1. The molecule has 0 bridgehead atoms. The largest absolute Gasteiger partial charge is 0.289 e. The average Bonchev–Trinajstić information content (AvgIpc) is 2.81. The number of benzene rings is 1. The highest BCUT2D eigenvalue weighted by Gasteiger charge is 2.25. The fourth-order valence-corrected chi connectivity index (χ4v) is 2.45. The van der Waals surface area contributed by atoms with Crippen LogP contribution in [0.25, 0.3) is 0 Å². The van der Waals surface area contributed by atoms with Crippen LogP contribution >= 0.6 is 0 Å². The van der Waals surface area contributed by atoms with E-state index in [1.165, 1.54) is 5.56 Å². The standard InChI is InChI=1S/C14H14N4O/c1-10-15-13-9-18(7-11-5-3-2-4-6-11)8-12(13)14(16-10)17-19/h2-6H,7-9H2,1H3. The summed E-state index contributed by atoms with van der Waals surface area (Å²) in [6, 6.07) is 10.3. The van der Waals surface area contributed by atoms with Gasteiger partial charge in [-0.15, -0.1) is 4.91 Å². The predicted molar refractivity (Wildman–Crippen MR) is 71.6 cm³/mol. The lowest BCUT2D eigenvalue weighted by atomic mass is 10.2. The molecule has 19 heavy (non-hydrogen) atoms. The first-order valence-electron chi connectivity index (χ1n) is 6.22. The number of rotatable bonds is 3. The number of hydrogen-bond donors (Lipinski definition) is 0. The summed E-state index contributed by atoms with van der Waals surface area (Å²) in [4.78, 5) is 21.6. The fraction of sp³-hybridized carbons (Fsp3) is 0.286. The summed E-state index contributed by atoms with van der Waals surface area (Å²) in [5, 5.41) is 3.02. The molecule has 1 aromatic heterocycles. The lowest BCUT2D eigenvalue weighted by Gasteiger charge is -2.13. The van der Waals surface area contributed by atoms with Crippen molar-refractivity contribution in [3.8, 4) is 0 Å². The second-order valence-corrected chi connectivity index (χ2v) is 4.74. The van der Waals surface area contributed by atoms with Gasteiger partial charge in [0.05, 0.1) is 5.69 Å². The number of nitroso groups, excluding NO2 is 1. The van der Waals surface area contributed by atoms with Crippen LogP contribution in [-0.4, -0.2) is 14.9 Å². The minimum atomic E-state index is 0.290. The molecule has 1 aromatic carbocycles. The highest BCUT2D eigenvalue weighted by molar-refractivity contribution is 5.43. The van der Waals surface area contributed by atoms with Crippen molar-refractivity contribution in [3.05, 3.63) is 57.9 Å². The van der Waals surface area contributed by atoms with E-state index in [0.717, 1.165) is 24.3 Å². The number of fused-ring (bicyclic) bond motifs is 1. The average molecular weight is 254 g/mol. The quantitative estimate of drug-likeness (QED) is 0.790. The molecule has 0 unspecified atom stereocenters. The second-order valence-electron chi connectivity index (χ2n) is 4.74. The van der Waals surface area contributed by atoms with Crippen molar-refractivity contribution < 1.29 is 0 Å². The monoisotopic (exact) mass is 254 g/mol. The molecule has 1 aliphatic rings. The Bertz CT molecular complexity index is 612. The normalized spacial score (nSPS) is 14.4. The molecule has 96 valence electrons. The van der Waals surface area contributed by atoms with Crippen molar-refractivity contribution in [2.45, 2.75) is 26.6 Å². The Morgan fingerprint density at radius 3 is 2.74 bits per heavy atom. The molecule has 2 heterocycles. The molecule has 3 rings (SSSR count). The Kier molecular flexibility index (Phi) is 3.05. The first-order valence-corrected chi connectivity index (χ1v) is 6.22. The summed E-state index contributed by atoms with van der Waals surface area (Å²) in [5.74, 6) is 0.896. The van der Waals surface area contributed by atoms with Crippen LogP contribution in [0.15, 0.2) is 35.5 Å². The summed E-state index contributed by atoms with van der Waals surface area (Å²) in [7, 11) is 0. The third kappa shape index (κ3) is 2.37. The van der Waals surface area contributed by atoms with Gasteiger partial charge in [0, 0.05) is 25.2 Å². The molecule has 2 aromatic rings. The van der Waals surface area contributed by atoms with Gasteiger partial charge in [0.1, 0.15) is 5.82 Å². The van der Waals surface area contributed by atoms with Crippen molar-refractivity contribution in [2.24, 2.45) is 5.18 Å². The van der Waals surface area contributed by atoms with Crippen LogP contribution in [0.2, 0.25) is 0 Å². The highest BCUT2D eigenvalue weighted by atomic mass is 16.3. The van der Waals surface area contributed by atoms with Gasteiger partial charge < -0.3 is 0 Å². The van der Waals surface area contributed by atoms with E-state index < -0.39 is 0 Å². The maximum Gasteiger partial charge on any atom is 0.204 e. The molecule has 0 radical (unpaired) electrons. The van der Waals surface area contributed by atoms with Crippen molar-refractivity contribution in [1.82, 2.24) is 14.9 Å². The molecular formula is C14H14N4O. The maximum atomic E-state index is 10.8. The van der Waals surface area contributed by atoms with E-state index in [1.807, 2.05) is 18.2 Å². The van der Waals surface area contributed by atoms with Gasteiger partial charge in [-0.05, 0) is 17.7 Å². The Labute approximate surface area is 111 Å². The van der Waals surface area contributed by atoms with Gasteiger partial charge in [-0.25, -0.2) is 9.97 Å². The minimum absolute atomic E-state index is 0.290. The summed E-state index contributed by atoms with van der Waals surface area (Å²) in [5.41, 5.74) is 3.05. The van der Waals surface area contributed by atoms with Crippen LogP contribution in [0.4, 0.5) is 5.82 Å². The van der Waals surface area contributed by atoms with Crippen molar-refractivity contribution in [2.75, 3.05) is 0 Å². The topological polar surface area (TPSA) is 58.5 Å². The van der Waals surface area contributed by atoms with E-state index in [0.29, 0.717) is 12.4 Å². The molecule has 0 spiro atoms. The van der Waals surface area contributed by atoms with Gasteiger partial charge in [-0.3, -0.25) is 4.90 Å². The van der Waals surface area contributed by atoms with E-state index in [1.54, 1.807) is 6.92 Å². The molecule has 0 aliphatic carbocycles. The van der Waals surface area contributed by atoms with Crippen molar-refractivity contribution in [3.63, 3.8) is 0 Å². The van der Waals surface area contributed by atoms with E-state index in [2.05, 4.69) is 32.2 Å². The SMILES string of the molecule is Cc1nc2c(c(N=O)n1)CN(Cc1ccccc1)C2. The Hall–Kier alpha value is -2.14. The first-order chi connectivity index (χ1) is 9.26. The van der Waals surface area contributed by atoms with Gasteiger partial charge in [-0.2, -0.15) is 0 Å². The Morgan fingerprint density at radius 1 is 1.21 bits per heavy atom. The first kappa shape index (κ1) is 11.9. The van der Waals surface area contributed by atoms with E-state index in [4.69, 9.17) is 0 Å². The zero-order valence-corrected chi connectivity index (χ0v) is 10.7. The van der Waals surface area contributed by atoms with Crippen LogP contribution in [0.5, 0.6) is 0 Å². The molecule has 0 fully saturated rings. The molecule has 5 nitrogen and oxygen atoms in total. The smallest absolute Gasteiger partial charge is 0.204 e. The van der Waals surface area contributed by atoms with Crippen LogP contribution in [0.1, 0.15) is 22.6 Å². The number of aromatic nitrogens is 2. The van der Waals surface area contributed by atoms with Gasteiger partial charge in [0.15, 0.2) is 0 Å². The molecule has 0 saturated carbocycles. The summed E-state index contributed by atoms with van der Waals surface area (Å²) in [6.45, 7) is 4.06. The zero-order valence-electron chi connectivity index (χ0n) is 10.7. The van der Waals surface area contributed by atoms with Crippen LogP contribution < -0.4 is 0 Å². The van der Waals surface area contributed by atoms with Crippen LogP contribution in [0.3, 0.4) is 0 Å². The van der Waals surface area contributed by atoms with E-state index in [9.17, 15) is 4.91 Å². The van der Waals surface area contributed by atoms with Gasteiger partial charge in [0.2, 0.25) is 5.82 Å². The summed E-state index contributed by atoms with van der Waals surface area (Å²) in [6.07, 6.45) is 0. The van der Waals surface area contributed by atoms with Crippen molar-refractivity contribution in [1.29, 1.82) is 0 Å². The van der Waals surface area contributed by atoms with Crippen LogP contribution in [-0.2, 0) is 19.6 Å². The molecule has 1 aliphatic heterocycles. The minimum Gasteiger partial charge on any atom is -0.289 e. The van der Waals surface area contributed by atoms with Gasteiger partial charge in [0.25, 0.3) is 0 Å². The Morgan fingerprint density at radius 2 is 2.00 bits per heavy atom. The molecule has 0 amide bonds. The third-order valence-electron chi connectivity index (χ3n) is 3.27. The van der Waals surface area contributed by atoms with E-state index in [-0.39, 0.29) is 5.82 Å². The molecular weight excluding hydrogens is 240 g/mol. The second kappa shape index (κ2) is 4.85.